The Morgan fingerprint density at radius 1 is 1.33 bits per heavy atom. The van der Waals surface area contributed by atoms with Crippen molar-refractivity contribution in [2.45, 2.75) is 37.3 Å². The molecule has 0 unspecified atom stereocenters. The third kappa shape index (κ3) is 2.84. The SMILES string of the molecule is O=C(O)Oc1cn(C2CC2)c2cc(N3CCNC4(CC4)C3)c(F)cc2c1=O. The first-order valence-electron chi connectivity index (χ1n) is 9.25. The Balaban J connectivity index is 1.65. The van der Waals surface area contributed by atoms with Crippen LogP contribution in [0.25, 0.3) is 10.9 Å². The number of ether oxygens (including phenoxy) is 1. The smallest absolute Gasteiger partial charge is 0.449 e. The van der Waals surface area contributed by atoms with E-state index in [0.29, 0.717) is 17.7 Å². The summed E-state index contributed by atoms with van der Waals surface area (Å²) in [5, 5.41) is 12.5. The number of fused-ring (bicyclic) bond motifs is 1. The average Bonchev–Trinajstić information content (AvgIpc) is 3.55. The Labute approximate surface area is 154 Å². The number of nitrogens with one attached hydrogen (secondary N) is 1. The number of aromatic nitrogens is 1. The lowest BCUT2D eigenvalue weighted by atomic mass is 10.1. The molecule has 1 aliphatic heterocycles. The molecule has 1 aromatic heterocycles. The van der Waals surface area contributed by atoms with Crippen LogP contribution >= 0.6 is 0 Å². The van der Waals surface area contributed by atoms with Gasteiger partial charge in [0, 0.05) is 31.2 Å². The van der Waals surface area contributed by atoms with E-state index in [2.05, 4.69) is 10.1 Å². The van der Waals surface area contributed by atoms with E-state index < -0.39 is 17.4 Å². The number of rotatable bonds is 3. The van der Waals surface area contributed by atoms with E-state index in [9.17, 15) is 14.0 Å². The third-order valence-electron chi connectivity index (χ3n) is 5.78. The van der Waals surface area contributed by atoms with Crippen LogP contribution in [0.3, 0.4) is 0 Å². The molecule has 0 radical (unpaired) electrons. The summed E-state index contributed by atoms with van der Waals surface area (Å²) < 4.78 is 21.4. The molecule has 1 spiro atoms. The number of piperazine rings is 1. The zero-order chi connectivity index (χ0) is 18.8. The summed E-state index contributed by atoms with van der Waals surface area (Å²) in [5.41, 5.74) is 0.624. The molecule has 2 N–H and O–H groups in total. The number of nitrogens with zero attached hydrogens (tertiary/aromatic N) is 2. The highest BCUT2D eigenvalue weighted by molar-refractivity contribution is 5.85. The highest BCUT2D eigenvalue weighted by Gasteiger charge is 2.46. The van der Waals surface area contributed by atoms with E-state index in [1.54, 1.807) is 6.07 Å². The van der Waals surface area contributed by atoms with Gasteiger partial charge < -0.3 is 24.6 Å². The summed E-state index contributed by atoms with van der Waals surface area (Å²) in [6.07, 6.45) is 3.96. The molecule has 27 heavy (non-hydrogen) atoms. The lowest BCUT2D eigenvalue weighted by molar-refractivity contribution is 0.143. The summed E-state index contributed by atoms with van der Waals surface area (Å²) in [5.74, 6) is -0.750. The molecule has 142 valence electrons. The zero-order valence-corrected chi connectivity index (χ0v) is 14.7. The largest absolute Gasteiger partial charge is 0.511 e. The van der Waals surface area contributed by atoms with Crippen LogP contribution in [0.15, 0.2) is 23.1 Å². The molecule has 0 atom stereocenters. The van der Waals surface area contributed by atoms with Gasteiger partial charge >= 0.3 is 6.16 Å². The third-order valence-corrected chi connectivity index (χ3v) is 5.78. The molecule has 2 heterocycles. The maximum absolute atomic E-state index is 14.9. The molecule has 3 fully saturated rings. The second-order valence-corrected chi connectivity index (χ2v) is 7.78. The molecule has 1 aromatic carbocycles. The van der Waals surface area contributed by atoms with Gasteiger partial charge in [-0.05, 0) is 37.8 Å². The van der Waals surface area contributed by atoms with Gasteiger partial charge in [-0.25, -0.2) is 9.18 Å². The molecule has 0 amide bonds. The van der Waals surface area contributed by atoms with Gasteiger partial charge in [-0.15, -0.1) is 0 Å². The Morgan fingerprint density at radius 2 is 2.11 bits per heavy atom. The maximum atomic E-state index is 14.9. The fraction of sp³-hybridized carbons (Fsp3) is 0.474. The van der Waals surface area contributed by atoms with Crippen molar-refractivity contribution in [2.24, 2.45) is 0 Å². The van der Waals surface area contributed by atoms with Crippen molar-refractivity contribution in [3.8, 4) is 5.75 Å². The van der Waals surface area contributed by atoms with Crippen LogP contribution < -0.4 is 20.4 Å². The average molecular weight is 373 g/mol. The standard InChI is InChI=1S/C19H20FN3O4/c20-13-7-12-14(8-15(13)22-6-5-21-19(10-22)3-4-19)23(11-1-2-11)9-16(17(12)24)27-18(25)26/h7-9,11,21H,1-6,10H2,(H,25,26). The Morgan fingerprint density at radius 3 is 2.78 bits per heavy atom. The number of pyridine rings is 1. The summed E-state index contributed by atoms with van der Waals surface area (Å²) >= 11 is 0. The van der Waals surface area contributed by atoms with E-state index in [1.165, 1.54) is 12.3 Å². The van der Waals surface area contributed by atoms with E-state index in [4.69, 9.17) is 5.11 Å². The molecule has 8 heteroatoms. The molecule has 2 aliphatic carbocycles. The van der Waals surface area contributed by atoms with Crippen molar-refractivity contribution in [1.82, 2.24) is 9.88 Å². The topological polar surface area (TPSA) is 83.8 Å². The van der Waals surface area contributed by atoms with Crippen LogP contribution in [0.1, 0.15) is 31.7 Å². The fourth-order valence-electron chi connectivity index (χ4n) is 4.05. The van der Waals surface area contributed by atoms with Gasteiger partial charge in [-0.1, -0.05) is 0 Å². The van der Waals surface area contributed by atoms with E-state index in [-0.39, 0.29) is 22.7 Å². The minimum absolute atomic E-state index is 0.106. The molecule has 3 aliphatic rings. The number of carbonyl (C=O) groups is 1. The lowest BCUT2D eigenvalue weighted by Crippen LogP contribution is -2.52. The highest BCUT2D eigenvalue weighted by Crippen LogP contribution is 2.41. The number of anilines is 1. The first-order valence-corrected chi connectivity index (χ1v) is 9.25. The number of carboxylic acid groups (broad SMARTS) is 1. The number of hydrogen-bond donors (Lipinski definition) is 2. The quantitative estimate of drug-likeness (QED) is 0.805. The molecule has 7 nitrogen and oxygen atoms in total. The van der Waals surface area contributed by atoms with E-state index in [1.807, 2.05) is 9.47 Å². The van der Waals surface area contributed by atoms with Gasteiger partial charge in [-0.2, -0.15) is 0 Å². The van der Waals surface area contributed by atoms with Crippen molar-refractivity contribution in [1.29, 1.82) is 0 Å². The molecule has 0 bridgehead atoms. The van der Waals surface area contributed by atoms with Gasteiger partial charge in [0.25, 0.3) is 0 Å². The van der Waals surface area contributed by atoms with Crippen LogP contribution in [0, 0.1) is 5.82 Å². The summed E-state index contributed by atoms with van der Waals surface area (Å²) in [4.78, 5) is 25.6. The molecule has 2 saturated carbocycles. The minimum atomic E-state index is -1.55. The second-order valence-electron chi connectivity index (χ2n) is 7.78. The molecule has 2 aromatic rings. The molecular formula is C19H20FN3O4. The van der Waals surface area contributed by atoms with Crippen molar-refractivity contribution in [3.05, 3.63) is 34.4 Å². The van der Waals surface area contributed by atoms with E-state index >= 15 is 0 Å². The summed E-state index contributed by atoms with van der Waals surface area (Å²) in [6.45, 7) is 2.26. The molecule has 1 saturated heterocycles. The first-order chi connectivity index (χ1) is 13.0. The van der Waals surface area contributed by atoms with E-state index in [0.717, 1.165) is 38.8 Å². The van der Waals surface area contributed by atoms with Crippen LogP contribution in [-0.2, 0) is 0 Å². The molecule has 5 rings (SSSR count). The zero-order valence-electron chi connectivity index (χ0n) is 14.7. The van der Waals surface area contributed by atoms with Gasteiger partial charge in [0.1, 0.15) is 5.82 Å². The number of benzene rings is 1. The van der Waals surface area contributed by atoms with Gasteiger partial charge in [0.15, 0.2) is 5.75 Å². The van der Waals surface area contributed by atoms with Gasteiger partial charge in [0.2, 0.25) is 5.43 Å². The number of hydrogen-bond acceptors (Lipinski definition) is 5. The van der Waals surface area contributed by atoms with Crippen LogP contribution in [0.5, 0.6) is 5.75 Å². The van der Waals surface area contributed by atoms with Gasteiger partial charge in [0.05, 0.1) is 22.8 Å². The maximum Gasteiger partial charge on any atom is 0.511 e. The monoisotopic (exact) mass is 373 g/mol. The Kier molecular flexibility index (Phi) is 3.49. The van der Waals surface area contributed by atoms with Crippen molar-refractivity contribution in [3.63, 3.8) is 0 Å². The highest BCUT2D eigenvalue weighted by atomic mass is 19.1. The van der Waals surface area contributed by atoms with Crippen LogP contribution in [-0.4, -0.2) is 41.0 Å². The predicted molar refractivity (Wildman–Crippen MR) is 97.3 cm³/mol. The predicted octanol–water partition coefficient (Wildman–Crippen LogP) is 2.47. The number of halogens is 1. The first kappa shape index (κ1) is 16.6. The molecular weight excluding hydrogens is 353 g/mol. The lowest BCUT2D eigenvalue weighted by Gasteiger charge is -2.36. The van der Waals surface area contributed by atoms with Crippen molar-refractivity contribution >= 4 is 22.7 Å². The normalized spacial score (nSPS) is 20.9. The summed E-state index contributed by atoms with van der Waals surface area (Å²) in [7, 11) is 0. The van der Waals surface area contributed by atoms with Crippen LogP contribution in [0.2, 0.25) is 0 Å². The second kappa shape index (κ2) is 5.69. The van der Waals surface area contributed by atoms with Gasteiger partial charge in [-0.3, -0.25) is 4.79 Å². The van der Waals surface area contributed by atoms with Crippen LogP contribution in [0.4, 0.5) is 14.9 Å². The fourth-order valence-corrected chi connectivity index (χ4v) is 4.05. The van der Waals surface area contributed by atoms with Crippen molar-refractivity contribution < 1.29 is 19.0 Å². The van der Waals surface area contributed by atoms with Crippen molar-refractivity contribution in [2.75, 3.05) is 24.5 Å². The Bertz CT molecular complexity index is 1010. The minimum Gasteiger partial charge on any atom is -0.449 e. The Hall–Kier alpha value is -2.61. The summed E-state index contributed by atoms with van der Waals surface area (Å²) in [6, 6.07) is 3.14.